The summed E-state index contributed by atoms with van der Waals surface area (Å²) in [4.78, 5) is 30.8. The summed E-state index contributed by atoms with van der Waals surface area (Å²) in [5.41, 5.74) is -0.437. The largest absolute Gasteiger partial charge is 0.417 e. The Bertz CT molecular complexity index is 1080. The van der Waals surface area contributed by atoms with E-state index in [0.717, 1.165) is 18.2 Å². The summed E-state index contributed by atoms with van der Waals surface area (Å²) in [6.45, 7) is 0. The Morgan fingerprint density at radius 2 is 2.03 bits per heavy atom. The van der Waals surface area contributed by atoms with E-state index in [9.17, 15) is 28.0 Å². The maximum Gasteiger partial charge on any atom is 0.417 e. The molecule has 1 saturated carbocycles. The Kier molecular flexibility index (Phi) is 4.60. The van der Waals surface area contributed by atoms with Gasteiger partial charge >= 0.3 is 11.9 Å². The molecule has 3 N–H and O–H groups in total. The highest BCUT2D eigenvalue weighted by Gasteiger charge is 2.50. The van der Waals surface area contributed by atoms with Crippen molar-refractivity contribution in [2.24, 2.45) is 17.0 Å². The van der Waals surface area contributed by atoms with Gasteiger partial charge in [0, 0.05) is 23.4 Å². The fraction of sp³-hybridized carbons (Fsp3) is 0.333. The van der Waals surface area contributed by atoms with Crippen molar-refractivity contribution in [3.8, 4) is 0 Å². The Morgan fingerprint density at radius 1 is 1.31 bits per heavy atom. The number of hydrogen-bond donors (Lipinski definition) is 3. The maximum atomic E-state index is 13.0. The summed E-state index contributed by atoms with van der Waals surface area (Å²) in [5.74, 6) is -1.79. The first-order valence-electron chi connectivity index (χ1n) is 8.70. The van der Waals surface area contributed by atoms with Gasteiger partial charge in [-0.3, -0.25) is 4.79 Å². The number of H-pyrrole nitrogens is 1. The molecule has 1 aromatic carbocycles. The first kappa shape index (κ1) is 19.4. The Labute approximate surface area is 166 Å². The average molecular weight is 427 g/mol. The van der Waals surface area contributed by atoms with Gasteiger partial charge in [-0.05, 0) is 37.0 Å². The van der Waals surface area contributed by atoms with Crippen molar-refractivity contribution in [2.75, 3.05) is 5.32 Å². The molecule has 0 radical (unpaired) electrons. The Balaban J connectivity index is 1.64. The molecule has 0 aliphatic heterocycles. The molecule has 2 aromatic rings. The molecule has 4 rings (SSSR count). The van der Waals surface area contributed by atoms with E-state index in [1.807, 2.05) is 0 Å². The van der Waals surface area contributed by atoms with E-state index >= 15 is 0 Å². The number of alkyl halides is 3. The maximum absolute atomic E-state index is 13.0. The van der Waals surface area contributed by atoms with Gasteiger partial charge in [0.25, 0.3) is 0 Å². The van der Waals surface area contributed by atoms with Crippen LogP contribution in [0.3, 0.4) is 0 Å². The van der Waals surface area contributed by atoms with E-state index in [0.29, 0.717) is 18.4 Å². The van der Waals surface area contributed by atoms with Crippen LogP contribution >= 0.6 is 11.6 Å². The van der Waals surface area contributed by atoms with Crippen molar-refractivity contribution in [3.63, 3.8) is 0 Å². The minimum Gasteiger partial charge on any atom is -0.411 e. The number of rotatable bonds is 2. The van der Waals surface area contributed by atoms with E-state index in [1.54, 1.807) is 0 Å². The molecule has 1 aromatic heterocycles. The van der Waals surface area contributed by atoms with Gasteiger partial charge in [0.15, 0.2) is 0 Å². The molecular weight excluding hydrogens is 413 g/mol. The molecule has 11 heteroatoms. The lowest BCUT2D eigenvalue weighted by atomic mass is 9.75. The van der Waals surface area contributed by atoms with Crippen LogP contribution in [-0.4, -0.2) is 26.8 Å². The van der Waals surface area contributed by atoms with Crippen LogP contribution in [0.1, 0.15) is 35.6 Å². The van der Waals surface area contributed by atoms with Crippen LogP contribution in [0.5, 0.6) is 0 Å². The van der Waals surface area contributed by atoms with Crippen molar-refractivity contribution < 1.29 is 23.2 Å². The second kappa shape index (κ2) is 6.87. The van der Waals surface area contributed by atoms with Gasteiger partial charge in [-0.2, -0.15) is 18.2 Å². The number of carbonyl (C=O) groups is 1. The van der Waals surface area contributed by atoms with Crippen molar-refractivity contribution in [3.05, 3.63) is 56.7 Å². The molecule has 0 saturated heterocycles. The number of aromatic amines is 1. The third-order valence-electron chi connectivity index (χ3n) is 5.44. The van der Waals surface area contributed by atoms with Crippen LogP contribution in [-0.2, 0) is 11.0 Å². The molecule has 7 nitrogen and oxygen atoms in total. The molecule has 1 fully saturated rings. The lowest BCUT2D eigenvalue weighted by molar-refractivity contribution is -0.137. The normalized spacial score (nSPS) is 24.4. The first-order chi connectivity index (χ1) is 13.7. The summed E-state index contributed by atoms with van der Waals surface area (Å²) < 4.78 is 38.6. The third-order valence-corrected chi connectivity index (χ3v) is 5.75. The number of benzene rings is 1. The van der Waals surface area contributed by atoms with Crippen LogP contribution in [0, 0.1) is 11.8 Å². The number of amides is 1. The van der Waals surface area contributed by atoms with Crippen LogP contribution in [0.25, 0.3) is 0 Å². The van der Waals surface area contributed by atoms with Gasteiger partial charge in [0.2, 0.25) is 5.91 Å². The number of anilines is 1. The average Bonchev–Trinajstić information content (AvgIpc) is 3.00. The van der Waals surface area contributed by atoms with E-state index < -0.39 is 40.2 Å². The number of oxime groups is 1. The molecule has 3 unspecified atom stereocenters. The van der Waals surface area contributed by atoms with E-state index in [-0.39, 0.29) is 23.0 Å². The van der Waals surface area contributed by atoms with Crippen LogP contribution in [0.15, 0.2) is 34.3 Å². The lowest BCUT2D eigenvalue weighted by Crippen LogP contribution is -2.39. The van der Waals surface area contributed by atoms with Crippen LogP contribution < -0.4 is 11.0 Å². The second-order valence-corrected chi connectivity index (χ2v) is 7.40. The molecule has 2 aliphatic rings. The van der Waals surface area contributed by atoms with Crippen molar-refractivity contribution in [1.82, 2.24) is 9.97 Å². The standard InChI is InChI=1S/C18H14ClF3N4O3/c19-12-5-7(1-4-11(12)18(20,21)22)24-16(27)13-8-2-3-9(13)15(26-29)14-10(8)6-23-17(28)25-14/h1,4-6,8-9,13,29H,2-3H2,(H,24,27)(H,23,25,28). The topological polar surface area (TPSA) is 107 Å². The number of hydrogen-bond acceptors (Lipinski definition) is 5. The molecule has 152 valence electrons. The van der Waals surface area contributed by atoms with Crippen molar-refractivity contribution in [1.29, 1.82) is 0 Å². The number of nitrogens with one attached hydrogen (secondary N) is 2. The highest BCUT2D eigenvalue weighted by atomic mass is 35.5. The number of aromatic nitrogens is 2. The zero-order valence-electron chi connectivity index (χ0n) is 14.6. The fourth-order valence-corrected chi connectivity index (χ4v) is 4.55. The number of fused-ring (bicyclic) bond motifs is 4. The molecule has 2 bridgehead atoms. The van der Waals surface area contributed by atoms with Crippen LogP contribution in [0.4, 0.5) is 18.9 Å². The fourth-order valence-electron chi connectivity index (χ4n) is 4.26. The Morgan fingerprint density at radius 3 is 2.69 bits per heavy atom. The predicted octanol–water partition coefficient (Wildman–Crippen LogP) is 3.38. The highest BCUT2D eigenvalue weighted by Crippen LogP contribution is 2.50. The lowest BCUT2D eigenvalue weighted by Gasteiger charge is -2.30. The van der Waals surface area contributed by atoms with Gasteiger partial charge < -0.3 is 15.5 Å². The Hall–Kier alpha value is -2.88. The van der Waals surface area contributed by atoms with Gasteiger partial charge in [-0.15, -0.1) is 0 Å². The molecular formula is C18H14ClF3N4O3. The SMILES string of the molecule is O=C(Nc1ccc(C(F)(F)F)c(Cl)c1)C1C2CCC1c1c[nH]c(=O)nc1C2=NO. The molecule has 1 amide bonds. The smallest absolute Gasteiger partial charge is 0.411 e. The molecule has 2 aliphatic carbocycles. The van der Waals surface area contributed by atoms with E-state index in [4.69, 9.17) is 11.6 Å². The van der Waals surface area contributed by atoms with Crippen LogP contribution in [0.2, 0.25) is 5.02 Å². The number of nitrogens with zero attached hydrogens (tertiary/aromatic N) is 2. The monoisotopic (exact) mass is 426 g/mol. The zero-order chi connectivity index (χ0) is 20.9. The summed E-state index contributed by atoms with van der Waals surface area (Å²) in [6, 6.07) is 2.98. The van der Waals surface area contributed by atoms with Crippen molar-refractivity contribution in [2.45, 2.75) is 24.9 Å². The summed E-state index contributed by atoms with van der Waals surface area (Å²) >= 11 is 5.71. The van der Waals surface area contributed by atoms with Gasteiger partial charge in [0.1, 0.15) is 5.71 Å². The molecule has 1 heterocycles. The number of halogens is 4. The number of carbonyl (C=O) groups excluding carboxylic acids is 1. The molecule has 0 spiro atoms. The van der Waals surface area contributed by atoms with E-state index in [1.165, 1.54) is 6.20 Å². The second-order valence-electron chi connectivity index (χ2n) is 6.99. The van der Waals surface area contributed by atoms with E-state index in [2.05, 4.69) is 20.4 Å². The summed E-state index contributed by atoms with van der Waals surface area (Å²) in [6.07, 6.45) is -1.99. The minimum atomic E-state index is -4.60. The molecule has 3 atom stereocenters. The highest BCUT2D eigenvalue weighted by molar-refractivity contribution is 6.31. The third kappa shape index (κ3) is 3.27. The summed E-state index contributed by atoms with van der Waals surface area (Å²) in [7, 11) is 0. The van der Waals surface area contributed by atoms with Gasteiger partial charge in [-0.25, -0.2) is 4.79 Å². The quantitative estimate of drug-likeness (QED) is 0.505. The van der Waals surface area contributed by atoms with Gasteiger partial charge in [0.05, 0.1) is 22.2 Å². The first-order valence-corrected chi connectivity index (χ1v) is 9.08. The summed E-state index contributed by atoms with van der Waals surface area (Å²) in [5, 5.41) is 14.8. The van der Waals surface area contributed by atoms with Crippen molar-refractivity contribution >= 4 is 28.9 Å². The zero-order valence-corrected chi connectivity index (χ0v) is 15.4. The minimum absolute atomic E-state index is 0.125. The predicted molar refractivity (Wildman–Crippen MR) is 97.2 cm³/mol. The molecule has 29 heavy (non-hydrogen) atoms. The van der Waals surface area contributed by atoms with Gasteiger partial charge in [-0.1, -0.05) is 16.8 Å².